The summed E-state index contributed by atoms with van der Waals surface area (Å²) in [4.78, 5) is 22.4. The van der Waals surface area contributed by atoms with Gasteiger partial charge in [-0.25, -0.2) is 14.8 Å². The summed E-state index contributed by atoms with van der Waals surface area (Å²) in [5.41, 5.74) is 1.06. The number of nitrogens with zero attached hydrogens (tertiary/aromatic N) is 3. The van der Waals surface area contributed by atoms with Gasteiger partial charge in [-0.3, -0.25) is 0 Å². The molecule has 6 nitrogen and oxygen atoms in total. The van der Waals surface area contributed by atoms with Crippen molar-refractivity contribution in [3.05, 3.63) is 17.5 Å². The van der Waals surface area contributed by atoms with Crippen LogP contribution in [0.5, 0.6) is 0 Å². The maximum Gasteiger partial charge on any atom is 0.341 e. The summed E-state index contributed by atoms with van der Waals surface area (Å²) in [6.45, 7) is 5.68. The lowest BCUT2D eigenvalue weighted by atomic mass is 10.2. The highest BCUT2D eigenvalue weighted by Crippen LogP contribution is 2.24. The highest BCUT2D eigenvalue weighted by molar-refractivity contribution is 5.90. The Balaban J connectivity index is 1.86. The molecule has 0 radical (unpaired) electrons. The van der Waals surface area contributed by atoms with Crippen molar-refractivity contribution in [1.82, 2.24) is 14.9 Å². The molecule has 110 valence electrons. The largest absolute Gasteiger partial charge is 0.462 e. The third-order valence-corrected chi connectivity index (χ3v) is 3.39. The van der Waals surface area contributed by atoms with Gasteiger partial charge >= 0.3 is 5.97 Å². The van der Waals surface area contributed by atoms with Crippen LogP contribution in [0.25, 0.3) is 0 Å². The van der Waals surface area contributed by atoms with Crippen molar-refractivity contribution in [3.8, 4) is 0 Å². The number of rotatable bonds is 7. The van der Waals surface area contributed by atoms with Crippen molar-refractivity contribution in [2.45, 2.75) is 32.7 Å². The van der Waals surface area contributed by atoms with Gasteiger partial charge in [0.15, 0.2) is 0 Å². The van der Waals surface area contributed by atoms with E-state index in [1.54, 1.807) is 13.8 Å². The summed E-state index contributed by atoms with van der Waals surface area (Å²) in [6, 6.07) is 0.755. The van der Waals surface area contributed by atoms with Crippen LogP contribution < -0.4 is 5.32 Å². The van der Waals surface area contributed by atoms with Crippen molar-refractivity contribution in [3.63, 3.8) is 0 Å². The molecular weight excluding hydrogens is 256 g/mol. The first-order valence-electron chi connectivity index (χ1n) is 7.06. The summed E-state index contributed by atoms with van der Waals surface area (Å²) in [5, 5.41) is 3.18. The van der Waals surface area contributed by atoms with E-state index in [2.05, 4.69) is 27.2 Å². The first-order valence-corrected chi connectivity index (χ1v) is 7.06. The van der Waals surface area contributed by atoms with Crippen molar-refractivity contribution in [2.24, 2.45) is 0 Å². The number of likely N-dealkylation sites (N-methyl/N-ethyl adjacent to an activating group) is 1. The van der Waals surface area contributed by atoms with Gasteiger partial charge in [0.05, 0.1) is 17.9 Å². The molecule has 20 heavy (non-hydrogen) atoms. The Morgan fingerprint density at radius 1 is 1.55 bits per heavy atom. The van der Waals surface area contributed by atoms with Crippen LogP contribution >= 0.6 is 0 Å². The summed E-state index contributed by atoms with van der Waals surface area (Å²) in [7, 11) is 2.13. The van der Waals surface area contributed by atoms with E-state index in [0.717, 1.165) is 19.1 Å². The predicted molar refractivity (Wildman–Crippen MR) is 76.9 cm³/mol. The number of esters is 1. The van der Waals surface area contributed by atoms with Crippen molar-refractivity contribution >= 4 is 11.9 Å². The first-order chi connectivity index (χ1) is 9.61. The topological polar surface area (TPSA) is 67.3 Å². The number of ether oxygens (including phenoxy) is 1. The van der Waals surface area contributed by atoms with Crippen LogP contribution in [-0.2, 0) is 4.74 Å². The molecule has 1 N–H and O–H groups in total. The summed E-state index contributed by atoms with van der Waals surface area (Å²) in [6.07, 6.45) is 4.13. The van der Waals surface area contributed by atoms with Gasteiger partial charge in [0, 0.05) is 25.3 Å². The second-order valence-electron chi connectivity index (χ2n) is 5.05. The zero-order valence-electron chi connectivity index (χ0n) is 12.3. The normalized spacial score (nSPS) is 14.4. The summed E-state index contributed by atoms with van der Waals surface area (Å²) >= 11 is 0. The van der Waals surface area contributed by atoms with Gasteiger partial charge in [-0.05, 0) is 33.7 Å². The molecule has 0 saturated heterocycles. The van der Waals surface area contributed by atoms with Crippen LogP contribution in [0.4, 0.5) is 5.95 Å². The number of carbonyl (C=O) groups excluding carboxylic acids is 1. The molecule has 1 aromatic heterocycles. The highest BCUT2D eigenvalue weighted by atomic mass is 16.5. The second-order valence-corrected chi connectivity index (χ2v) is 5.05. The van der Waals surface area contributed by atoms with Gasteiger partial charge in [-0.15, -0.1) is 0 Å². The van der Waals surface area contributed by atoms with Crippen LogP contribution in [0.2, 0.25) is 0 Å². The Kier molecular flexibility index (Phi) is 4.89. The number of anilines is 1. The predicted octanol–water partition coefficient (Wildman–Crippen LogP) is 1.47. The minimum absolute atomic E-state index is 0.353. The standard InChI is InChI=1S/C14H22N4O2/c1-4-20-13(19)12-9-16-14(17-10(12)2)15-7-8-18(3)11-5-6-11/h9,11H,4-8H2,1-3H3,(H,15,16,17). The van der Waals surface area contributed by atoms with Crippen LogP contribution in [-0.4, -0.2) is 53.6 Å². The van der Waals surface area contributed by atoms with E-state index in [1.165, 1.54) is 19.0 Å². The summed E-state index contributed by atoms with van der Waals surface area (Å²) < 4.78 is 4.95. The molecule has 1 aliphatic carbocycles. The fraction of sp³-hybridized carbons (Fsp3) is 0.643. The summed E-state index contributed by atoms with van der Waals surface area (Å²) in [5.74, 6) is 0.185. The lowest BCUT2D eigenvalue weighted by Crippen LogP contribution is -2.27. The Hall–Kier alpha value is -1.69. The fourth-order valence-electron chi connectivity index (χ4n) is 2.00. The first kappa shape index (κ1) is 14.7. The lowest BCUT2D eigenvalue weighted by Gasteiger charge is -2.15. The molecular formula is C14H22N4O2. The minimum Gasteiger partial charge on any atom is -0.462 e. The van der Waals surface area contributed by atoms with E-state index >= 15 is 0 Å². The lowest BCUT2D eigenvalue weighted by molar-refractivity contribution is 0.0524. The van der Waals surface area contributed by atoms with E-state index < -0.39 is 0 Å². The molecule has 2 rings (SSSR count). The number of hydrogen-bond acceptors (Lipinski definition) is 6. The molecule has 6 heteroatoms. The molecule has 0 spiro atoms. The van der Waals surface area contributed by atoms with Crippen molar-refractivity contribution in [2.75, 3.05) is 32.1 Å². The zero-order valence-corrected chi connectivity index (χ0v) is 12.3. The number of nitrogens with one attached hydrogen (secondary N) is 1. The number of aryl methyl sites for hydroxylation is 1. The average Bonchev–Trinajstić information content (AvgIpc) is 3.23. The zero-order chi connectivity index (χ0) is 14.5. The Labute approximate surface area is 119 Å². The molecule has 1 aromatic rings. The third-order valence-electron chi connectivity index (χ3n) is 3.39. The van der Waals surface area contributed by atoms with E-state index in [9.17, 15) is 4.79 Å². The molecule has 1 fully saturated rings. The molecule has 0 amide bonds. The van der Waals surface area contributed by atoms with Crippen LogP contribution in [0.3, 0.4) is 0 Å². The Bertz CT molecular complexity index is 474. The van der Waals surface area contributed by atoms with Gasteiger partial charge in [0.2, 0.25) is 5.95 Å². The fourth-order valence-corrected chi connectivity index (χ4v) is 2.00. The SMILES string of the molecule is CCOC(=O)c1cnc(NCCN(C)C2CC2)nc1C. The average molecular weight is 278 g/mol. The van der Waals surface area contributed by atoms with E-state index in [-0.39, 0.29) is 5.97 Å². The number of carbonyl (C=O) groups is 1. The smallest absolute Gasteiger partial charge is 0.341 e. The van der Waals surface area contributed by atoms with Gasteiger partial charge in [-0.1, -0.05) is 0 Å². The second kappa shape index (κ2) is 6.65. The van der Waals surface area contributed by atoms with E-state index in [1.807, 2.05) is 0 Å². The molecule has 0 aliphatic heterocycles. The van der Waals surface area contributed by atoms with Gasteiger partial charge in [-0.2, -0.15) is 0 Å². The quantitative estimate of drug-likeness (QED) is 0.762. The van der Waals surface area contributed by atoms with Gasteiger partial charge in [0.25, 0.3) is 0 Å². The Morgan fingerprint density at radius 3 is 2.90 bits per heavy atom. The molecule has 0 unspecified atom stereocenters. The third kappa shape index (κ3) is 3.90. The molecule has 0 atom stereocenters. The maximum atomic E-state index is 11.6. The van der Waals surface area contributed by atoms with Crippen LogP contribution in [0.15, 0.2) is 6.20 Å². The molecule has 1 aliphatic rings. The monoisotopic (exact) mass is 278 g/mol. The Morgan fingerprint density at radius 2 is 2.30 bits per heavy atom. The molecule has 1 heterocycles. The molecule has 0 aromatic carbocycles. The van der Waals surface area contributed by atoms with E-state index in [4.69, 9.17) is 4.74 Å². The van der Waals surface area contributed by atoms with E-state index in [0.29, 0.717) is 23.8 Å². The highest BCUT2D eigenvalue weighted by Gasteiger charge is 2.25. The number of hydrogen-bond donors (Lipinski definition) is 1. The van der Waals surface area contributed by atoms with Crippen LogP contribution in [0.1, 0.15) is 35.8 Å². The van der Waals surface area contributed by atoms with Gasteiger partial charge < -0.3 is 15.0 Å². The van der Waals surface area contributed by atoms with Gasteiger partial charge in [0.1, 0.15) is 0 Å². The maximum absolute atomic E-state index is 11.6. The van der Waals surface area contributed by atoms with Crippen molar-refractivity contribution < 1.29 is 9.53 Å². The van der Waals surface area contributed by atoms with Crippen LogP contribution in [0, 0.1) is 6.92 Å². The molecule has 1 saturated carbocycles. The number of aromatic nitrogens is 2. The van der Waals surface area contributed by atoms with Crippen molar-refractivity contribution in [1.29, 1.82) is 0 Å². The molecule has 0 bridgehead atoms. The minimum atomic E-state index is -0.370.